The molecule has 1 aromatic heterocycles. The van der Waals surface area contributed by atoms with Crippen LogP contribution in [0.5, 0.6) is 0 Å². The Balaban J connectivity index is 3.08. The van der Waals surface area contributed by atoms with Crippen LogP contribution in [0, 0.1) is 0 Å². The molecular formula is C9H10N2O2. The number of hydrogen-bond acceptors (Lipinski definition) is 3. The largest absolute Gasteiger partial charge is 0.439 e. The first-order valence-electron chi connectivity index (χ1n) is 3.79. The average Bonchev–Trinajstić information content (AvgIpc) is 2.51. The van der Waals surface area contributed by atoms with Crippen LogP contribution in [0.1, 0.15) is 12.7 Å². The quantitative estimate of drug-likeness (QED) is 0.713. The maximum Gasteiger partial charge on any atom is 0.439 e. The van der Waals surface area contributed by atoms with Crippen LogP contribution in [-0.4, -0.2) is 10.1 Å². The molecule has 0 bridgehead atoms. The molecule has 0 fully saturated rings. The zero-order valence-electron chi connectivity index (χ0n) is 7.28. The summed E-state index contributed by atoms with van der Waals surface area (Å²) >= 11 is 0. The van der Waals surface area contributed by atoms with Crippen LogP contribution in [0.25, 0.3) is 5.57 Å². The van der Waals surface area contributed by atoms with Gasteiger partial charge in [-0.25, -0.2) is 4.79 Å². The predicted octanol–water partition coefficient (Wildman–Crippen LogP) is 1.51. The molecule has 0 radical (unpaired) electrons. The molecule has 0 aliphatic rings. The van der Waals surface area contributed by atoms with Crippen molar-refractivity contribution in [2.75, 3.05) is 0 Å². The minimum atomic E-state index is -0.561. The van der Waals surface area contributed by atoms with E-state index in [2.05, 4.69) is 21.2 Å². The van der Waals surface area contributed by atoms with Gasteiger partial charge in [0.2, 0.25) is 0 Å². The molecule has 0 aliphatic carbocycles. The number of hydrogen-bond donors (Lipinski definition) is 1. The average molecular weight is 178 g/mol. The van der Waals surface area contributed by atoms with Crippen molar-refractivity contribution in [1.82, 2.24) is 10.1 Å². The maximum absolute atomic E-state index is 10.6. The van der Waals surface area contributed by atoms with Crippen LogP contribution in [0.3, 0.4) is 0 Å². The van der Waals surface area contributed by atoms with Gasteiger partial charge < -0.3 is 0 Å². The van der Waals surface area contributed by atoms with Gasteiger partial charge >= 0.3 is 5.76 Å². The van der Waals surface area contributed by atoms with Crippen molar-refractivity contribution in [1.29, 1.82) is 0 Å². The van der Waals surface area contributed by atoms with E-state index in [1.807, 2.05) is 13.0 Å². The lowest BCUT2D eigenvalue weighted by Gasteiger charge is -1.91. The summed E-state index contributed by atoms with van der Waals surface area (Å²) in [6, 6.07) is 0. The van der Waals surface area contributed by atoms with E-state index < -0.39 is 5.76 Å². The van der Waals surface area contributed by atoms with Gasteiger partial charge in [-0.15, -0.1) is 0 Å². The van der Waals surface area contributed by atoms with Crippen molar-refractivity contribution in [3.05, 3.63) is 47.3 Å². The van der Waals surface area contributed by atoms with Gasteiger partial charge in [0.05, 0.1) is 0 Å². The zero-order valence-corrected chi connectivity index (χ0v) is 7.28. The van der Waals surface area contributed by atoms with Gasteiger partial charge in [-0.1, -0.05) is 36.0 Å². The molecule has 0 saturated carbocycles. The van der Waals surface area contributed by atoms with Crippen molar-refractivity contribution >= 4 is 5.57 Å². The first-order valence-corrected chi connectivity index (χ1v) is 3.79. The van der Waals surface area contributed by atoms with Crippen molar-refractivity contribution < 1.29 is 4.52 Å². The highest BCUT2D eigenvalue weighted by Gasteiger charge is 2.02. The van der Waals surface area contributed by atoms with Crippen molar-refractivity contribution in [3.63, 3.8) is 0 Å². The summed E-state index contributed by atoms with van der Waals surface area (Å²) in [5.41, 5.74) is 0.753. The summed E-state index contributed by atoms with van der Waals surface area (Å²) in [4.78, 5) is 13.1. The van der Waals surface area contributed by atoms with Gasteiger partial charge in [0, 0.05) is 5.57 Å². The van der Waals surface area contributed by atoms with E-state index in [-0.39, 0.29) is 0 Å². The van der Waals surface area contributed by atoms with Gasteiger partial charge in [-0.3, -0.25) is 9.51 Å². The minimum absolute atomic E-state index is 0.406. The number of nitrogens with zero attached hydrogens (tertiary/aromatic N) is 1. The normalized spacial score (nSPS) is 12.2. The van der Waals surface area contributed by atoms with E-state index in [0.29, 0.717) is 5.82 Å². The summed E-state index contributed by atoms with van der Waals surface area (Å²) in [5, 5.41) is 3.54. The second-order valence-electron chi connectivity index (χ2n) is 2.30. The van der Waals surface area contributed by atoms with E-state index in [4.69, 9.17) is 0 Å². The number of nitrogens with one attached hydrogen (secondary N) is 1. The van der Waals surface area contributed by atoms with Crippen LogP contribution >= 0.6 is 0 Å². The first-order chi connectivity index (χ1) is 6.27. The number of aromatic nitrogens is 2. The molecule has 0 saturated heterocycles. The third kappa shape index (κ3) is 2.30. The smallest absolute Gasteiger partial charge is 0.296 e. The third-order valence-corrected chi connectivity index (χ3v) is 1.36. The van der Waals surface area contributed by atoms with Crippen LogP contribution in [0.15, 0.2) is 40.2 Å². The Bertz CT molecular complexity index is 396. The first kappa shape index (κ1) is 9.25. The lowest BCUT2D eigenvalue weighted by Crippen LogP contribution is -1.96. The molecule has 0 spiro atoms. The number of rotatable bonds is 3. The second kappa shape index (κ2) is 4.25. The second-order valence-corrected chi connectivity index (χ2v) is 2.30. The number of H-pyrrole nitrogens is 1. The lowest BCUT2D eigenvalue weighted by atomic mass is 10.2. The molecule has 1 rings (SSSR count). The summed E-state index contributed by atoms with van der Waals surface area (Å²) in [6.45, 7) is 5.42. The van der Waals surface area contributed by atoms with E-state index in [0.717, 1.165) is 5.57 Å². The van der Waals surface area contributed by atoms with Gasteiger partial charge in [0.25, 0.3) is 0 Å². The molecule has 0 unspecified atom stereocenters. The molecule has 1 heterocycles. The summed E-state index contributed by atoms with van der Waals surface area (Å²) in [6.07, 6.45) is 6.98. The van der Waals surface area contributed by atoms with Crippen LogP contribution in [0.4, 0.5) is 0 Å². The SMILES string of the molecule is C=C/C=C(\C=C/C)c1noc(=O)[nH]1. The highest BCUT2D eigenvalue weighted by molar-refractivity contribution is 5.70. The number of allylic oxidation sites excluding steroid dienone is 5. The minimum Gasteiger partial charge on any atom is -0.296 e. The van der Waals surface area contributed by atoms with Crippen molar-refractivity contribution in [2.24, 2.45) is 0 Å². The van der Waals surface area contributed by atoms with E-state index in [9.17, 15) is 4.79 Å². The Morgan fingerprint density at radius 2 is 2.46 bits per heavy atom. The van der Waals surface area contributed by atoms with Crippen LogP contribution in [0.2, 0.25) is 0 Å². The molecule has 1 N–H and O–H groups in total. The van der Waals surface area contributed by atoms with Crippen molar-refractivity contribution in [2.45, 2.75) is 6.92 Å². The Hall–Kier alpha value is -1.84. The molecule has 0 aromatic carbocycles. The van der Waals surface area contributed by atoms with Gasteiger partial charge in [0.15, 0.2) is 5.82 Å². The fourth-order valence-electron chi connectivity index (χ4n) is 0.874. The summed E-state index contributed by atoms with van der Waals surface area (Å²) in [5.74, 6) is -0.155. The Morgan fingerprint density at radius 3 is 2.92 bits per heavy atom. The molecule has 0 amide bonds. The maximum atomic E-state index is 10.6. The third-order valence-electron chi connectivity index (χ3n) is 1.36. The predicted molar refractivity (Wildman–Crippen MR) is 50.1 cm³/mol. The highest BCUT2D eigenvalue weighted by atomic mass is 16.5. The van der Waals surface area contributed by atoms with Gasteiger partial charge in [-0.2, -0.15) is 0 Å². The molecule has 4 heteroatoms. The van der Waals surface area contributed by atoms with E-state index in [1.54, 1.807) is 18.2 Å². The Labute approximate surface area is 75.3 Å². The van der Waals surface area contributed by atoms with Crippen LogP contribution < -0.4 is 5.76 Å². The monoisotopic (exact) mass is 178 g/mol. The van der Waals surface area contributed by atoms with Crippen molar-refractivity contribution in [3.8, 4) is 0 Å². The fourth-order valence-corrected chi connectivity index (χ4v) is 0.874. The van der Waals surface area contributed by atoms with Gasteiger partial charge in [-0.05, 0) is 6.92 Å². The molecule has 68 valence electrons. The molecule has 0 atom stereocenters. The molecule has 13 heavy (non-hydrogen) atoms. The zero-order chi connectivity index (χ0) is 9.68. The fraction of sp³-hybridized carbons (Fsp3) is 0.111. The van der Waals surface area contributed by atoms with Gasteiger partial charge in [0.1, 0.15) is 0 Å². The van der Waals surface area contributed by atoms with E-state index >= 15 is 0 Å². The lowest BCUT2D eigenvalue weighted by molar-refractivity contribution is 0.385. The molecule has 4 nitrogen and oxygen atoms in total. The van der Waals surface area contributed by atoms with Crippen LogP contribution in [-0.2, 0) is 0 Å². The molecule has 1 aromatic rings. The van der Waals surface area contributed by atoms with E-state index in [1.165, 1.54) is 0 Å². The molecule has 0 aliphatic heterocycles. The summed E-state index contributed by atoms with van der Waals surface area (Å²) < 4.78 is 4.37. The molecular weight excluding hydrogens is 168 g/mol. The standard InChI is InChI=1S/C9H10N2O2/c1-3-5-7(6-4-2)8-10-9(12)13-11-8/h3-6H,1H2,2H3,(H,10,11,12)/b6-4-,7-5+. The Kier molecular flexibility index (Phi) is 3.03. The summed E-state index contributed by atoms with van der Waals surface area (Å²) in [7, 11) is 0. The number of aromatic amines is 1. The highest BCUT2D eigenvalue weighted by Crippen LogP contribution is 2.08. The topological polar surface area (TPSA) is 58.9 Å². The Morgan fingerprint density at radius 1 is 1.69 bits per heavy atom.